The Labute approximate surface area is 77.2 Å². The van der Waals surface area contributed by atoms with Gasteiger partial charge >= 0.3 is 6.18 Å². The summed E-state index contributed by atoms with van der Waals surface area (Å²) in [5, 5.41) is 9.01. The summed E-state index contributed by atoms with van der Waals surface area (Å²) in [7, 11) is 0. The molecular formula is C8H8F3NO2. The zero-order chi connectivity index (χ0) is 10.9. The van der Waals surface area contributed by atoms with Crippen LogP contribution in [0.2, 0.25) is 0 Å². The summed E-state index contributed by atoms with van der Waals surface area (Å²) >= 11 is 0. The number of nitrogens with one attached hydrogen (secondary N) is 1. The third-order valence-electron chi connectivity index (χ3n) is 1.71. The number of aliphatic hydroxyl groups excluding tert-OH is 1. The van der Waals surface area contributed by atoms with Gasteiger partial charge in [-0.15, -0.1) is 0 Å². The molecule has 1 rings (SSSR count). The largest absolute Gasteiger partial charge is 0.417 e. The van der Waals surface area contributed by atoms with Gasteiger partial charge in [0.05, 0.1) is 11.7 Å². The first-order chi connectivity index (χ1) is 6.32. The van der Waals surface area contributed by atoms with E-state index in [1.54, 1.807) is 0 Å². The zero-order valence-corrected chi connectivity index (χ0v) is 7.22. The van der Waals surface area contributed by atoms with E-state index in [2.05, 4.69) is 0 Å². The molecular weight excluding hydrogens is 199 g/mol. The second-order valence-electron chi connectivity index (χ2n) is 2.85. The molecule has 0 aliphatic heterocycles. The highest BCUT2D eigenvalue weighted by Crippen LogP contribution is 2.29. The Morgan fingerprint density at radius 3 is 2.50 bits per heavy atom. The SMILES string of the molecule is CC(O)c1cc(C(F)(F)F)c[nH]c1=O. The summed E-state index contributed by atoms with van der Waals surface area (Å²) < 4.78 is 36.5. The van der Waals surface area contributed by atoms with Crippen LogP contribution in [0.5, 0.6) is 0 Å². The van der Waals surface area contributed by atoms with E-state index in [0.29, 0.717) is 12.3 Å². The van der Waals surface area contributed by atoms with Gasteiger partial charge in [0, 0.05) is 11.8 Å². The third kappa shape index (κ3) is 2.14. The Kier molecular flexibility index (Phi) is 2.66. The number of aliphatic hydroxyl groups is 1. The molecule has 1 atom stereocenters. The van der Waals surface area contributed by atoms with Crippen LogP contribution in [0, 0.1) is 0 Å². The quantitative estimate of drug-likeness (QED) is 0.732. The molecule has 0 saturated carbocycles. The fraction of sp³-hybridized carbons (Fsp3) is 0.375. The molecule has 2 N–H and O–H groups in total. The molecule has 1 heterocycles. The highest BCUT2D eigenvalue weighted by molar-refractivity contribution is 5.22. The van der Waals surface area contributed by atoms with Crippen molar-refractivity contribution >= 4 is 0 Å². The molecule has 0 aliphatic carbocycles. The third-order valence-corrected chi connectivity index (χ3v) is 1.71. The Morgan fingerprint density at radius 1 is 1.50 bits per heavy atom. The van der Waals surface area contributed by atoms with Crippen LogP contribution in [-0.2, 0) is 6.18 Å². The number of hydrogen-bond donors (Lipinski definition) is 2. The molecule has 0 aliphatic rings. The van der Waals surface area contributed by atoms with Crippen molar-refractivity contribution in [3.05, 3.63) is 33.7 Å². The molecule has 0 fully saturated rings. The Hall–Kier alpha value is -1.30. The second-order valence-corrected chi connectivity index (χ2v) is 2.85. The van der Waals surface area contributed by atoms with Crippen LogP contribution in [0.15, 0.2) is 17.1 Å². The fourth-order valence-electron chi connectivity index (χ4n) is 0.975. The second kappa shape index (κ2) is 3.45. The van der Waals surface area contributed by atoms with Gasteiger partial charge in [0.15, 0.2) is 0 Å². The lowest BCUT2D eigenvalue weighted by Crippen LogP contribution is -2.18. The first-order valence-electron chi connectivity index (χ1n) is 3.80. The molecule has 1 aromatic heterocycles. The minimum absolute atomic E-state index is 0.292. The molecule has 1 aromatic rings. The number of hydrogen-bond acceptors (Lipinski definition) is 2. The monoisotopic (exact) mass is 207 g/mol. The van der Waals surface area contributed by atoms with Crippen molar-refractivity contribution in [3.63, 3.8) is 0 Å². The van der Waals surface area contributed by atoms with Crippen LogP contribution in [0.4, 0.5) is 13.2 Å². The van der Waals surface area contributed by atoms with Crippen LogP contribution >= 0.6 is 0 Å². The van der Waals surface area contributed by atoms with Crippen molar-refractivity contribution in [2.24, 2.45) is 0 Å². The smallest absolute Gasteiger partial charge is 0.388 e. The van der Waals surface area contributed by atoms with E-state index in [-0.39, 0.29) is 5.56 Å². The first-order valence-corrected chi connectivity index (χ1v) is 3.80. The summed E-state index contributed by atoms with van der Waals surface area (Å²) in [6.07, 6.45) is -5.16. The minimum Gasteiger partial charge on any atom is -0.388 e. The van der Waals surface area contributed by atoms with Gasteiger partial charge in [-0.2, -0.15) is 13.2 Å². The maximum atomic E-state index is 12.2. The summed E-state index contributed by atoms with van der Waals surface area (Å²) in [5.41, 5.74) is -1.99. The summed E-state index contributed by atoms with van der Waals surface area (Å²) in [5.74, 6) is 0. The van der Waals surface area contributed by atoms with E-state index in [1.807, 2.05) is 4.98 Å². The molecule has 14 heavy (non-hydrogen) atoms. The van der Waals surface area contributed by atoms with Gasteiger partial charge < -0.3 is 10.1 Å². The van der Waals surface area contributed by atoms with E-state index < -0.39 is 23.4 Å². The van der Waals surface area contributed by atoms with Crippen LogP contribution < -0.4 is 5.56 Å². The topological polar surface area (TPSA) is 53.1 Å². The van der Waals surface area contributed by atoms with Crippen molar-refractivity contribution in [2.45, 2.75) is 19.2 Å². The summed E-state index contributed by atoms with van der Waals surface area (Å²) in [6, 6.07) is 0.642. The molecule has 0 bridgehead atoms. The van der Waals surface area contributed by atoms with Gasteiger partial charge in [0.2, 0.25) is 0 Å². The lowest BCUT2D eigenvalue weighted by atomic mass is 10.1. The lowest BCUT2D eigenvalue weighted by molar-refractivity contribution is -0.137. The first kappa shape index (κ1) is 10.8. The van der Waals surface area contributed by atoms with Gasteiger partial charge in [-0.1, -0.05) is 0 Å². The maximum absolute atomic E-state index is 12.2. The number of alkyl halides is 3. The molecule has 3 nitrogen and oxygen atoms in total. The van der Waals surface area contributed by atoms with Crippen molar-refractivity contribution in [1.82, 2.24) is 4.98 Å². The predicted molar refractivity (Wildman–Crippen MR) is 42.7 cm³/mol. The van der Waals surface area contributed by atoms with Crippen LogP contribution in [0.1, 0.15) is 24.2 Å². The Bertz CT molecular complexity index is 381. The normalized spacial score (nSPS) is 14.1. The van der Waals surface area contributed by atoms with Gasteiger partial charge in [-0.05, 0) is 13.0 Å². The zero-order valence-electron chi connectivity index (χ0n) is 7.22. The number of H-pyrrole nitrogens is 1. The highest BCUT2D eigenvalue weighted by Gasteiger charge is 2.31. The number of halogens is 3. The summed E-state index contributed by atoms with van der Waals surface area (Å²) in [4.78, 5) is 12.9. The maximum Gasteiger partial charge on any atom is 0.417 e. The fourth-order valence-corrected chi connectivity index (χ4v) is 0.975. The van der Waals surface area contributed by atoms with Gasteiger partial charge in [0.1, 0.15) is 0 Å². The molecule has 6 heteroatoms. The number of aromatic amines is 1. The molecule has 0 amide bonds. The number of pyridine rings is 1. The van der Waals surface area contributed by atoms with Crippen LogP contribution in [-0.4, -0.2) is 10.1 Å². The highest BCUT2D eigenvalue weighted by atomic mass is 19.4. The van der Waals surface area contributed by atoms with E-state index in [9.17, 15) is 18.0 Å². The standard InChI is InChI=1S/C8H8F3NO2/c1-4(13)6-2-5(8(9,10)11)3-12-7(6)14/h2-4,13H,1H3,(H,12,14). The Morgan fingerprint density at radius 2 is 2.07 bits per heavy atom. The molecule has 0 aromatic carbocycles. The van der Waals surface area contributed by atoms with Crippen molar-refractivity contribution in [2.75, 3.05) is 0 Å². The van der Waals surface area contributed by atoms with Crippen molar-refractivity contribution < 1.29 is 18.3 Å². The molecule has 0 spiro atoms. The van der Waals surface area contributed by atoms with Crippen molar-refractivity contribution in [3.8, 4) is 0 Å². The van der Waals surface area contributed by atoms with Gasteiger partial charge in [-0.25, -0.2) is 0 Å². The minimum atomic E-state index is -4.52. The lowest BCUT2D eigenvalue weighted by Gasteiger charge is -2.09. The van der Waals surface area contributed by atoms with Gasteiger partial charge in [0.25, 0.3) is 5.56 Å². The predicted octanol–water partition coefficient (Wildman–Crippen LogP) is 1.45. The van der Waals surface area contributed by atoms with E-state index in [1.165, 1.54) is 6.92 Å². The number of aromatic nitrogens is 1. The summed E-state index contributed by atoms with van der Waals surface area (Å²) in [6.45, 7) is 1.23. The molecule has 1 unspecified atom stereocenters. The molecule has 78 valence electrons. The van der Waals surface area contributed by atoms with Crippen LogP contribution in [0.3, 0.4) is 0 Å². The van der Waals surface area contributed by atoms with E-state index in [4.69, 9.17) is 5.11 Å². The van der Waals surface area contributed by atoms with Crippen LogP contribution in [0.25, 0.3) is 0 Å². The van der Waals surface area contributed by atoms with Crippen molar-refractivity contribution in [1.29, 1.82) is 0 Å². The Balaban J connectivity index is 3.27. The van der Waals surface area contributed by atoms with Gasteiger partial charge in [-0.3, -0.25) is 4.79 Å². The van der Waals surface area contributed by atoms with E-state index >= 15 is 0 Å². The number of rotatable bonds is 1. The molecule has 0 saturated heterocycles. The molecule has 0 radical (unpaired) electrons. The average molecular weight is 207 g/mol. The average Bonchev–Trinajstić information content (AvgIpc) is 2.02. The van der Waals surface area contributed by atoms with E-state index in [0.717, 1.165) is 0 Å².